The zero-order valence-corrected chi connectivity index (χ0v) is 21.6. The summed E-state index contributed by atoms with van der Waals surface area (Å²) in [4.78, 5) is 42.7. The highest BCUT2D eigenvalue weighted by molar-refractivity contribution is 6.07. The van der Waals surface area contributed by atoms with Crippen molar-refractivity contribution in [3.05, 3.63) is 75.2 Å². The summed E-state index contributed by atoms with van der Waals surface area (Å²) < 4.78 is 2.01. The molecule has 2 fully saturated rings. The van der Waals surface area contributed by atoms with Crippen molar-refractivity contribution in [2.45, 2.75) is 57.9 Å². The number of carbonyl (C=O) groups is 2. The lowest BCUT2D eigenvalue weighted by Gasteiger charge is -2.32. The third-order valence-electron chi connectivity index (χ3n) is 8.41. The Morgan fingerprint density at radius 3 is 2.55 bits per heavy atom. The van der Waals surface area contributed by atoms with Gasteiger partial charge in [0.05, 0.1) is 34.2 Å². The topological polar surface area (TPSA) is 108 Å². The third kappa shape index (κ3) is 4.38. The van der Waals surface area contributed by atoms with E-state index in [2.05, 4.69) is 10.1 Å². The number of fused-ring (bicyclic) bond motifs is 3. The number of nitrogens with zero attached hydrogens (tertiary/aromatic N) is 3. The summed E-state index contributed by atoms with van der Waals surface area (Å²) in [7, 11) is 0. The van der Waals surface area contributed by atoms with Crippen molar-refractivity contribution in [2.75, 3.05) is 13.1 Å². The van der Waals surface area contributed by atoms with Gasteiger partial charge in [-0.1, -0.05) is 25.0 Å². The second-order valence-corrected chi connectivity index (χ2v) is 10.9. The van der Waals surface area contributed by atoms with Crippen molar-refractivity contribution in [2.24, 2.45) is 5.92 Å². The van der Waals surface area contributed by atoms with Crippen molar-refractivity contribution in [3.8, 4) is 0 Å². The molecule has 8 heteroatoms. The van der Waals surface area contributed by atoms with Crippen LogP contribution in [-0.4, -0.2) is 49.7 Å². The molecule has 38 heavy (non-hydrogen) atoms. The second kappa shape index (κ2) is 9.74. The lowest BCUT2D eigenvalue weighted by atomic mass is 9.89. The number of carboxylic acid groups (broad SMARTS) is 1. The minimum Gasteiger partial charge on any atom is -0.478 e. The Bertz CT molecular complexity index is 1600. The standard InChI is InChI=1S/C30H32N4O4/c1-18-13-26-24(27-25(28(35)32-26)17-31-34(27)22-7-2-3-8-22)16-23(18)29(36)33-11-9-19(10-12-33)14-20-5-4-6-21(15-20)30(37)38/h4-6,13,15-17,19,22H,2-3,7-12,14H2,1H3,(H,32,35)(H,37,38). The number of H-pyrrole nitrogens is 1. The SMILES string of the molecule is Cc1cc2[nH]c(=O)c3cnn(C4CCCC4)c3c2cc1C(=O)N1CCC(Cc2cccc(C(=O)O)c2)CC1. The van der Waals surface area contributed by atoms with Crippen LogP contribution in [0.4, 0.5) is 0 Å². The van der Waals surface area contributed by atoms with Gasteiger partial charge in [0, 0.05) is 24.0 Å². The average molecular weight is 513 g/mol. The van der Waals surface area contributed by atoms with Gasteiger partial charge in [-0.05, 0) is 80.3 Å². The summed E-state index contributed by atoms with van der Waals surface area (Å²) in [5.41, 5.74) is 4.26. The zero-order valence-electron chi connectivity index (χ0n) is 21.6. The number of aryl methyl sites for hydroxylation is 1. The molecule has 1 saturated carbocycles. The molecule has 0 spiro atoms. The number of rotatable bonds is 5. The number of carboxylic acids is 1. The molecule has 6 rings (SSSR count). The maximum atomic E-state index is 13.7. The Labute approximate surface area is 220 Å². The minimum absolute atomic E-state index is 0.0157. The van der Waals surface area contributed by atoms with Crippen LogP contribution in [0, 0.1) is 12.8 Å². The lowest BCUT2D eigenvalue weighted by molar-refractivity contribution is 0.0681. The van der Waals surface area contributed by atoms with Gasteiger partial charge >= 0.3 is 5.97 Å². The fourth-order valence-electron chi connectivity index (χ4n) is 6.33. The number of aromatic nitrogens is 3. The molecule has 1 saturated heterocycles. The van der Waals surface area contributed by atoms with Crippen LogP contribution >= 0.6 is 0 Å². The van der Waals surface area contributed by atoms with E-state index < -0.39 is 5.97 Å². The Hall–Kier alpha value is -3.94. The van der Waals surface area contributed by atoms with Gasteiger partial charge in [0.1, 0.15) is 0 Å². The van der Waals surface area contributed by atoms with Crippen LogP contribution in [0.3, 0.4) is 0 Å². The summed E-state index contributed by atoms with van der Waals surface area (Å²) in [6.07, 6.45) is 8.66. The van der Waals surface area contributed by atoms with E-state index in [1.54, 1.807) is 24.4 Å². The van der Waals surface area contributed by atoms with Crippen LogP contribution in [0.2, 0.25) is 0 Å². The van der Waals surface area contributed by atoms with Gasteiger partial charge in [0.2, 0.25) is 0 Å². The molecule has 0 atom stereocenters. The van der Waals surface area contributed by atoms with Gasteiger partial charge in [-0.15, -0.1) is 0 Å². The highest BCUT2D eigenvalue weighted by atomic mass is 16.4. The highest BCUT2D eigenvalue weighted by Crippen LogP contribution is 2.34. The quantitative estimate of drug-likeness (QED) is 0.387. The van der Waals surface area contributed by atoms with Crippen molar-refractivity contribution in [1.29, 1.82) is 0 Å². The number of carbonyl (C=O) groups excluding carboxylic acids is 1. The maximum absolute atomic E-state index is 13.7. The molecule has 1 amide bonds. The summed E-state index contributed by atoms with van der Waals surface area (Å²) in [5, 5.41) is 15.3. The van der Waals surface area contributed by atoms with Crippen molar-refractivity contribution in [1.82, 2.24) is 19.7 Å². The molecule has 8 nitrogen and oxygen atoms in total. The number of aromatic carboxylic acids is 1. The first-order valence-electron chi connectivity index (χ1n) is 13.5. The van der Waals surface area contributed by atoms with E-state index >= 15 is 0 Å². The maximum Gasteiger partial charge on any atom is 0.335 e. The van der Waals surface area contributed by atoms with E-state index in [4.69, 9.17) is 0 Å². The van der Waals surface area contributed by atoms with Gasteiger partial charge in [0.15, 0.2) is 0 Å². The minimum atomic E-state index is -0.911. The van der Waals surface area contributed by atoms with E-state index in [1.807, 2.05) is 34.7 Å². The van der Waals surface area contributed by atoms with Crippen LogP contribution < -0.4 is 5.56 Å². The second-order valence-electron chi connectivity index (χ2n) is 10.9. The highest BCUT2D eigenvalue weighted by Gasteiger charge is 2.27. The molecule has 2 aliphatic rings. The molecule has 3 heterocycles. The molecular formula is C30H32N4O4. The molecule has 196 valence electrons. The van der Waals surface area contributed by atoms with Crippen LogP contribution in [0.25, 0.3) is 21.8 Å². The van der Waals surface area contributed by atoms with Crippen LogP contribution in [0.5, 0.6) is 0 Å². The van der Waals surface area contributed by atoms with Gasteiger partial charge < -0.3 is 15.0 Å². The lowest BCUT2D eigenvalue weighted by Crippen LogP contribution is -2.39. The summed E-state index contributed by atoms with van der Waals surface area (Å²) in [5.74, 6) is -0.487. The number of nitrogens with one attached hydrogen (secondary N) is 1. The normalized spacial score (nSPS) is 17.0. The fourth-order valence-corrected chi connectivity index (χ4v) is 6.33. The first-order valence-corrected chi connectivity index (χ1v) is 13.5. The number of aromatic amines is 1. The Morgan fingerprint density at radius 2 is 1.82 bits per heavy atom. The molecule has 2 N–H and O–H groups in total. The molecule has 2 aromatic carbocycles. The molecule has 2 aromatic heterocycles. The fraction of sp³-hybridized carbons (Fsp3) is 0.400. The molecule has 0 unspecified atom stereocenters. The largest absolute Gasteiger partial charge is 0.478 e. The molecule has 0 bridgehead atoms. The smallest absolute Gasteiger partial charge is 0.335 e. The van der Waals surface area contributed by atoms with Crippen LogP contribution in [-0.2, 0) is 6.42 Å². The number of piperidine rings is 1. The first kappa shape index (κ1) is 24.4. The number of likely N-dealkylation sites (tertiary alicyclic amines) is 1. The first-order chi connectivity index (χ1) is 18.4. The van der Waals surface area contributed by atoms with Gasteiger partial charge in [-0.25, -0.2) is 4.79 Å². The number of pyridine rings is 1. The molecule has 1 aliphatic heterocycles. The third-order valence-corrected chi connectivity index (χ3v) is 8.41. The van der Waals surface area contributed by atoms with Crippen LogP contribution in [0.15, 0.2) is 47.4 Å². The Kier molecular flexibility index (Phi) is 6.26. The number of hydrogen-bond acceptors (Lipinski definition) is 4. The van der Waals surface area contributed by atoms with Gasteiger partial charge in [0.25, 0.3) is 11.5 Å². The summed E-state index contributed by atoms with van der Waals surface area (Å²) in [6.45, 7) is 3.26. The zero-order chi connectivity index (χ0) is 26.4. The van der Waals surface area contributed by atoms with Gasteiger partial charge in [-0.2, -0.15) is 5.10 Å². The number of hydrogen-bond donors (Lipinski definition) is 2. The van der Waals surface area contributed by atoms with E-state index in [-0.39, 0.29) is 17.5 Å². The van der Waals surface area contributed by atoms with E-state index in [1.165, 1.54) is 0 Å². The number of benzene rings is 2. The van der Waals surface area contributed by atoms with E-state index in [0.29, 0.717) is 35.5 Å². The molecular weight excluding hydrogens is 480 g/mol. The molecule has 1 aliphatic carbocycles. The number of amides is 1. The Balaban J connectivity index is 1.25. The van der Waals surface area contributed by atoms with Crippen molar-refractivity contribution < 1.29 is 14.7 Å². The predicted octanol–water partition coefficient (Wildman–Crippen LogP) is 5.09. The molecule has 0 radical (unpaired) electrons. The van der Waals surface area contributed by atoms with Crippen molar-refractivity contribution in [3.63, 3.8) is 0 Å². The van der Waals surface area contributed by atoms with E-state index in [0.717, 1.165) is 72.5 Å². The Morgan fingerprint density at radius 1 is 1.05 bits per heavy atom. The summed E-state index contributed by atoms with van der Waals surface area (Å²) >= 11 is 0. The van der Waals surface area contributed by atoms with Crippen molar-refractivity contribution >= 4 is 33.7 Å². The average Bonchev–Trinajstić information content (AvgIpc) is 3.59. The predicted molar refractivity (Wildman–Crippen MR) is 146 cm³/mol. The van der Waals surface area contributed by atoms with Crippen LogP contribution in [0.1, 0.15) is 76.4 Å². The van der Waals surface area contributed by atoms with E-state index in [9.17, 15) is 19.5 Å². The monoisotopic (exact) mass is 512 g/mol. The molecule has 4 aromatic rings. The summed E-state index contributed by atoms with van der Waals surface area (Å²) in [6, 6.07) is 11.3. The van der Waals surface area contributed by atoms with Gasteiger partial charge in [-0.3, -0.25) is 14.3 Å².